The maximum absolute atomic E-state index is 13.9. The number of carboxylic acids is 1. The lowest BCUT2D eigenvalue weighted by atomic mass is 10.1. The lowest BCUT2D eigenvalue weighted by Crippen LogP contribution is -2.62. The van der Waals surface area contributed by atoms with Gasteiger partial charge in [-0.15, -0.1) is 0 Å². The molecule has 2 aromatic rings. The fourth-order valence-electron chi connectivity index (χ4n) is 4.70. The summed E-state index contributed by atoms with van der Waals surface area (Å²) < 4.78 is 0.806. The molecule has 1 aliphatic heterocycles. The number of benzene rings is 2. The number of hydrogen-bond donors (Lipinski definition) is 1. The molecule has 0 saturated carbocycles. The number of carbonyl (C=O) groups is 3. The largest absolute Gasteiger partial charge is 0.480 e. The van der Waals surface area contributed by atoms with Gasteiger partial charge in [-0.25, -0.2) is 14.4 Å². The predicted octanol–water partition coefficient (Wildman–Crippen LogP) is 6.58. The van der Waals surface area contributed by atoms with Crippen molar-refractivity contribution in [1.29, 1.82) is 0 Å². The smallest absolute Gasteiger partial charge is 0.329 e. The van der Waals surface area contributed by atoms with Gasteiger partial charge in [-0.05, 0) is 43.2 Å². The van der Waals surface area contributed by atoms with E-state index >= 15 is 0 Å². The Morgan fingerprint density at radius 3 is 2.08 bits per heavy atom. The van der Waals surface area contributed by atoms with Crippen LogP contribution in [-0.4, -0.2) is 76.6 Å². The van der Waals surface area contributed by atoms with E-state index in [1.807, 2.05) is 59.5 Å². The highest BCUT2D eigenvalue weighted by molar-refractivity contribution is 9.10. The van der Waals surface area contributed by atoms with E-state index in [2.05, 4.69) is 29.8 Å². The summed E-state index contributed by atoms with van der Waals surface area (Å²) in [4.78, 5) is 46.2. The van der Waals surface area contributed by atoms with Gasteiger partial charge in [0.05, 0.1) is 17.9 Å². The summed E-state index contributed by atoms with van der Waals surface area (Å²) in [6, 6.07) is 14.8. The molecule has 0 radical (unpaired) electrons. The number of amides is 4. The van der Waals surface area contributed by atoms with Crippen molar-refractivity contribution >= 4 is 45.3 Å². The maximum Gasteiger partial charge on any atom is 0.329 e. The van der Waals surface area contributed by atoms with Crippen molar-refractivity contribution in [2.75, 3.05) is 37.6 Å². The predicted molar refractivity (Wildman–Crippen MR) is 154 cm³/mol. The number of para-hydroxylation sites is 1. The molecule has 38 heavy (non-hydrogen) atoms. The van der Waals surface area contributed by atoms with Crippen molar-refractivity contribution in [1.82, 2.24) is 14.7 Å². The van der Waals surface area contributed by atoms with Crippen LogP contribution >= 0.6 is 15.9 Å². The number of unbranched alkanes of at least 4 members (excludes halogenated alkanes) is 4. The van der Waals surface area contributed by atoms with E-state index in [9.17, 15) is 19.5 Å². The van der Waals surface area contributed by atoms with Crippen molar-refractivity contribution in [3.8, 4) is 0 Å². The lowest BCUT2D eigenvalue weighted by Gasteiger charge is -2.42. The number of anilines is 2. The topological polar surface area (TPSA) is 84.4 Å². The molecule has 1 atom stereocenters. The van der Waals surface area contributed by atoms with Gasteiger partial charge in [0.2, 0.25) is 0 Å². The second-order valence-electron chi connectivity index (χ2n) is 9.61. The third-order valence-electron chi connectivity index (χ3n) is 6.79. The molecule has 0 spiro atoms. The number of urea groups is 2. The lowest BCUT2D eigenvalue weighted by molar-refractivity contribution is -0.143. The van der Waals surface area contributed by atoms with Crippen LogP contribution in [0.2, 0.25) is 0 Å². The monoisotopic (exact) mass is 586 g/mol. The molecule has 3 rings (SSSR count). The maximum atomic E-state index is 13.9. The average Bonchev–Trinajstić information content (AvgIpc) is 2.92. The van der Waals surface area contributed by atoms with Gasteiger partial charge in [0.25, 0.3) is 0 Å². The van der Waals surface area contributed by atoms with Gasteiger partial charge in [-0.1, -0.05) is 79.7 Å². The summed E-state index contributed by atoms with van der Waals surface area (Å²) >= 11 is 3.47. The van der Waals surface area contributed by atoms with Crippen LogP contribution in [-0.2, 0) is 4.79 Å². The summed E-state index contributed by atoms with van der Waals surface area (Å²) in [6.07, 6.45) is 6.07. The minimum absolute atomic E-state index is 0.0426. The first kappa shape index (κ1) is 29.5. The average molecular weight is 588 g/mol. The zero-order valence-corrected chi connectivity index (χ0v) is 24.0. The quantitative estimate of drug-likeness (QED) is 0.301. The van der Waals surface area contributed by atoms with Crippen LogP contribution in [0.5, 0.6) is 0 Å². The van der Waals surface area contributed by atoms with Crippen molar-refractivity contribution in [3.05, 3.63) is 59.1 Å². The van der Waals surface area contributed by atoms with Gasteiger partial charge < -0.3 is 19.8 Å². The zero-order chi connectivity index (χ0) is 27.5. The summed E-state index contributed by atoms with van der Waals surface area (Å²) in [7, 11) is 0. The van der Waals surface area contributed by atoms with Crippen molar-refractivity contribution in [3.63, 3.8) is 0 Å². The van der Waals surface area contributed by atoms with E-state index in [-0.39, 0.29) is 25.7 Å². The molecule has 8 nitrogen and oxygen atoms in total. The van der Waals surface area contributed by atoms with Gasteiger partial charge in [-0.3, -0.25) is 4.90 Å². The Balaban J connectivity index is 1.82. The highest BCUT2D eigenvalue weighted by Crippen LogP contribution is 2.30. The third-order valence-corrected chi connectivity index (χ3v) is 7.28. The second-order valence-corrected chi connectivity index (χ2v) is 10.5. The molecule has 9 heteroatoms. The molecule has 1 unspecified atom stereocenters. The van der Waals surface area contributed by atoms with Gasteiger partial charge >= 0.3 is 18.0 Å². The molecule has 1 aliphatic rings. The number of nitrogens with zero attached hydrogens (tertiary/aromatic N) is 4. The number of piperazine rings is 1. The SMILES string of the molecule is CCCCCN(CCCCC)C(=O)N1CCN(C(=O)N(c2ccccc2)c2cccc(Br)c2)C(C(=O)O)C1. The summed E-state index contributed by atoms with van der Waals surface area (Å²) in [5.74, 6) is -1.12. The summed E-state index contributed by atoms with van der Waals surface area (Å²) in [5.41, 5.74) is 1.26. The molecular weight excluding hydrogens is 548 g/mol. The standard InChI is InChI=1S/C29H39BrN4O4/c1-3-5-10-17-31(18-11-6-4-2)28(37)32-19-20-33(26(22-32)27(35)36)29(38)34(24-14-8-7-9-15-24)25-16-12-13-23(30)21-25/h7-9,12-16,21,26H,3-6,10-11,17-20,22H2,1-2H3,(H,35,36). The van der Waals surface area contributed by atoms with E-state index in [0.717, 1.165) is 43.0 Å². The van der Waals surface area contributed by atoms with Crippen LogP contribution in [0.4, 0.5) is 21.0 Å². The van der Waals surface area contributed by atoms with Crippen molar-refractivity contribution < 1.29 is 19.5 Å². The highest BCUT2D eigenvalue weighted by atomic mass is 79.9. The van der Waals surface area contributed by atoms with E-state index < -0.39 is 18.0 Å². The van der Waals surface area contributed by atoms with Gasteiger partial charge in [0.15, 0.2) is 0 Å². The van der Waals surface area contributed by atoms with Crippen molar-refractivity contribution in [2.24, 2.45) is 0 Å². The van der Waals surface area contributed by atoms with Gasteiger partial charge in [0.1, 0.15) is 6.04 Å². The number of hydrogen-bond acceptors (Lipinski definition) is 3. The van der Waals surface area contributed by atoms with Crippen LogP contribution in [0.1, 0.15) is 52.4 Å². The zero-order valence-electron chi connectivity index (χ0n) is 22.4. The second kappa shape index (κ2) is 14.8. The number of carbonyl (C=O) groups excluding carboxylic acids is 2. The first-order valence-corrected chi connectivity index (χ1v) is 14.3. The van der Waals surface area contributed by atoms with Crippen molar-refractivity contribution in [2.45, 2.75) is 58.4 Å². The molecule has 4 amide bonds. The molecule has 0 aromatic heterocycles. The Morgan fingerprint density at radius 1 is 0.868 bits per heavy atom. The molecule has 1 fully saturated rings. The molecule has 1 heterocycles. The Labute approximate surface area is 234 Å². The molecule has 1 saturated heterocycles. The first-order valence-electron chi connectivity index (χ1n) is 13.5. The number of halogens is 1. The fraction of sp³-hybridized carbons (Fsp3) is 0.483. The summed E-state index contributed by atoms with van der Waals surface area (Å²) in [6.45, 7) is 5.97. The van der Waals surface area contributed by atoms with Gasteiger partial charge in [0, 0.05) is 30.7 Å². The van der Waals surface area contributed by atoms with E-state index in [1.54, 1.807) is 4.90 Å². The van der Waals surface area contributed by atoms with E-state index in [0.29, 0.717) is 24.5 Å². The van der Waals surface area contributed by atoms with E-state index in [1.165, 1.54) is 9.80 Å². The van der Waals surface area contributed by atoms with Crippen LogP contribution in [0.25, 0.3) is 0 Å². The Kier molecular flexibility index (Phi) is 11.5. The number of carboxylic acid groups (broad SMARTS) is 1. The van der Waals surface area contributed by atoms with Crippen LogP contribution in [0.3, 0.4) is 0 Å². The number of aliphatic carboxylic acids is 1. The van der Waals surface area contributed by atoms with Crippen LogP contribution < -0.4 is 4.90 Å². The minimum atomic E-state index is -1.15. The Bertz CT molecular complexity index is 1060. The summed E-state index contributed by atoms with van der Waals surface area (Å²) in [5, 5.41) is 10.1. The molecular formula is C29H39BrN4O4. The third kappa shape index (κ3) is 7.72. The normalized spacial score (nSPS) is 15.3. The Hall–Kier alpha value is -3.07. The first-order chi connectivity index (χ1) is 18.4. The molecule has 206 valence electrons. The highest BCUT2D eigenvalue weighted by Gasteiger charge is 2.40. The number of rotatable bonds is 11. The van der Waals surface area contributed by atoms with E-state index in [4.69, 9.17) is 0 Å². The fourth-order valence-corrected chi connectivity index (χ4v) is 5.08. The van der Waals surface area contributed by atoms with Crippen LogP contribution in [0, 0.1) is 0 Å². The molecule has 1 N–H and O–H groups in total. The minimum Gasteiger partial charge on any atom is -0.480 e. The van der Waals surface area contributed by atoms with Crippen LogP contribution in [0.15, 0.2) is 59.1 Å². The van der Waals surface area contributed by atoms with Gasteiger partial charge in [-0.2, -0.15) is 0 Å². The molecule has 0 bridgehead atoms. The Morgan fingerprint density at radius 2 is 1.50 bits per heavy atom. The molecule has 0 aliphatic carbocycles. The molecule has 2 aromatic carbocycles.